The van der Waals surface area contributed by atoms with Gasteiger partial charge >= 0.3 is 5.97 Å². The lowest BCUT2D eigenvalue weighted by Gasteiger charge is -1.98. The Hall–Kier alpha value is -2.68. The van der Waals surface area contributed by atoms with E-state index < -0.39 is 5.97 Å². The number of carbonyl (C=O) groups is 2. The summed E-state index contributed by atoms with van der Waals surface area (Å²) in [5.41, 5.74) is 1.72. The molecule has 0 fully saturated rings. The van der Waals surface area contributed by atoms with E-state index in [9.17, 15) is 9.59 Å². The largest absolute Gasteiger partial charge is 0.422 e. The second kappa shape index (κ2) is 4.53. The second-order valence-corrected chi connectivity index (χ2v) is 4.17. The van der Waals surface area contributed by atoms with Crippen molar-refractivity contribution >= 4 is 17.5 Å². The van der Waals surface area contributed by atoms with Gasteiger partial charge in [0.1, 0.15) is 5.76 Å². The molecule has 2 aromatic carbocycles. The van der Waals surface area contributed by atoms with Crippen molar-refractivity contribution < 1.29 is 14.3 Å². The van der Waals surface area contributed by atoms with Gasteiger partial charge < -0.3 is 4.74 Å². The molecule has 0 radical (unpaired) electrons. The second-order valence-electron chi connectivity index (χ2n) is 4.17. The number of ketones is 1. The molecule has 0 atom stereocenters. The minimum atomic E-state index is -0.414. The lowest BCUT2D eigenvalue weighted by Crippen LogP contribution is -1.96. The SMILES string of the molecule is O=C(C=C1OC(=O)c2ccccc21)c1ccccc1. The summed E-state index contributed by atoms with van der Waals surface area (Å²) in [7, 11) is 0. The van der Waals surface area contributed by atoms with Gasteiger partial charge in [-0.1, -0.05) is 48.5 Å². The molecule has 0 N–H and O–H groups in total. The zero-order valence-electron chi connectivity index (χ0n) is 10.00. The van der Waals surface area contributed by atoms with Gasteiger partial charge in [0.05, 0.1) is 5.56 Å². The fourth-order valence-corrected chi connectivity index (χ4v) is 2.00. The third-order valence-electron chi connectivity index (χ3n) is 2.94. The number of allylic oxidation sites excluding steroid dienone is 1. The highest BCUT2D eigenvalue weighted by molar-refractivity contribution is 6.12. The average Bonchev–Trinajstić information content (AvgIpc) is 2.77. The molecular weight excluding hydrogens is 240 g/mol. The highest BCUT2D eigenvalue weighted by Gasteiger charge is 2.26. The first-order chi connectivity index (χ1) is 9.25. The number of ether oxygens (including phenoxy) is 1. The molecular formula is C16H10O3. The quantitative estimate of drug-likeness (QED) is 0.467. The number of hydrogen-bond donors (Lipinski definition) is 0. The summed E-state index contributed by atoms with van der Waals surface area (Å²) in [5, 5.41) is 0. The van der Waals surface area contributed by atoms with Crippen LogP contribution in [0.3, 0.4) is 0 Å². The van der Waals surface area contributed by atoms with Crippen LogP contribution in [0, 0.1) is 0 Å². The highest BCUT2D eigenvalue weighted by atomic mass is 16.5. The van der Waals surface area contributed by atoms with Crippen molar-refractivity contribution in [1.29, 1.82) is 0 Å². The van der Waals surface area contributed by atoms with Gasteiger partial charge in [0.25, 0.3) is 0 Å². The van der Waals surface area contributed by atoms with Crippen LogP contribution in [-0.4, -0.2) is 11.8 Å². The molecule has 0 unspecified atom stereocenters. The first-order valence-electron chi connectivity index (χ1n) is 5.88. The third-order valence-corrected chi connectivity index (χ3v) is 2.94. The number of cyclic esters (lactones) is 1. The molecule has 1 heterocycles. The molecule has 1 aliphatic rings. The predicted octanol–water partition coefficient (Wildman–Crippen LogP) is 3.08. The number of carbonyl (C=O) groups excluding carboxylic acids is 2. The Morgan fingerprint density at radius 1 is 0.895 bits per heavy atom. The number of hydrogen-bond acceptors (Lipinski definition) is 3. The first kappa shape index (κ1) is 11.4. The van der Waals surface area contributed by atoms with Gasteiger partial charge in [-0.25, -0.2) is 4.79 Å². The van der Waals surface area contributed by atoms with Crippen molar-refractivity contribution in [3.8, 4) is 0 Å². The Bertz CT molecular complexity index is 684. The van der Waals surface area contributed by atoms with Gasteiger partial charge in [-0.15, -0.1) is 0 Å². The van der Waals surface area contributed by atoms with Crippen molar-refractivity contribution in [3.63, 3.8) is 0 Å². The van der Waals surface area contributed by atoms with Crippen LogP contribution >= 0.6 is 0 Å². The van der Waals surface area contributed by atoms with E-state index in [2.05, 4.69) is 0 Å². The van der Waals surface area contributed by atoms with E-state index in [-0.39, 0.29) is 5.78 Å². The zero-order valence-corrected chi connectivity index (χ0v) is 10.00. The van der Waals surface area contributed by atoms with E-state index in [0.717, 1.165) is 0 Å². The normalized spacial score (nSPS) is 15.2. The molecule has 0 bridgehead atoms. The minimum Gasteiger partial charge on any atom is -0.422 e. The molecule has 0 saturated heterocycles. The van der Waals surface area contributed by atoms with Crippen LogP contribution < -0.4 is 0 Å². The van der Waals surface area contributed by atoms with Crippen molar-refractivity contribution in [3.05, 3.63) is 77.4 Å². The number of rotatable bonds is 2. The molecule has 0 saturated carbocycles. The summed E-state index contributed by atoms with van der Waals surface area (Å²) in [6.45, 7) is 0. The Morgan fingerprint density at radius 3 is 2.26 bits per heavy atom. The van der Waals surface area contributed by atoms with Crippen LogP contribution in [0.15, 0.2) is 60.7 Å². The number of benzene rings is 2. The van der Waals surface area contributed by atoms with E-state index in [1.807, 2.05) is 12.1 Å². The maximum atomic E-state index is 12.0. The Labute approximate surface area is 110 Å². The van der Waals surface area contributed by atoms with Gasteiger partial charge in [0.2, 0.25) is 0 Å². The lowest BCUT2D eigenvalue weighted by atomic mass is 10.1. The average molecular weight is 250 g/mol. The summed E-state index contributed by atoms with van der Waals surface area (Å²) < 4.78 is 5.13. The Balaban J connectivity index is 1.99. The summed E-state index contributed by atoms with van der Waals surface area (Å²) in [6.07, 6.45) is 1.36. The summed E-state index contributed by atoms with van der Waals surface area (Å²) in [6, 6.07) is 15.9. The van der Waals surface area contributed by atoms with Gasteiger partial charge in [0, 0.05) is 17.2 Å². The van der Waals surface area contributed by atoms with E-state index in [1.165, 1.54) is 6.08 Å². The van der Waals surface area contributed by atoms with E-state index in [4.69, 9.17) is 4.74 Å². The molecule has 2 aromatic rings. The zero-order chi connectivity index (χ0) is 13.2. The van der Waals surface area contributed by atoms with E-state index >= 15 is 0 Å². The van der Waals surface area contributed by atoms with E-state index in [0.29, 0.717) is 22.4 Å². The van der Waals surface area contributed by atoms with Gasteiger partial charge in [-0.2, -0.15) is 0 Å². The molecule has 19 heavy (non-hydrogen) atoms. The van der Waals surface area contributed by atoms with Crippen LogP contribution in [0.5, 0.6) is 0 Å². The molecule has 3 nitrogen and oxygen atoms in total. The Kier molecular flexibility index (Phi) is 2.72. The van der Waals surface area contributed by atoms with Crippen molar-refractivity contribution in [2.24, 2.45) is 0 Å². The minimum absolute atomic E-state index is 0.180. The molecule has 0 aliphatic carbocycles. The molecule has 0 amide bonds. The van der Waals surface area contributed by atoms with Crippen LogP contribution in [0.4, 0.5) is 0 Å². The fourth-order valence-electron chi connectivity index (χ4n) is 2.00. The number of esters is 1. The van der Waals surface area contributed by atoms with Gasteiger partial charge in [-0.05, 0) is 6.07 Å². The smallest absolute Gasteiger partial charge is 0.344 e. The summed E-state index contributed by atoms with van der Waals surface area (Å²) in [4.78, 5) is 23.7. The highest BCUT2D eigenvalue weighted by Crippen LogP contribution is 2.29. The summed E-state index contributed by atoms with van der Waals surface area (Å²) in [5.74, 6) is -0.280. The molecule has 3 rings (SSSR count). The van der Waals surface area contributed by atoms with Crippen LogP contribution in [-0.2, 0) is 4.74 Å². The molecule has 0 spiro atoms. The van der Waals surface area contributed by atoms with E-state index in [1.54, 1.807) is 42.5 Å². The number of fused-ring (bicyclic) bond motifs is 1. The summed E-state index contributed by atoms with van der Waals surface area (Å²) >= 11 is 0. The van der Waals surface area contributed by atoms with Crippen LogP contribution in [0.2, 0.25) is 0 Å². The lowest BCUT2D eigenvalue weighted by molar-refractivity contribution is 0.0715. The predicted molar refractivity (Wildman–Crippen MR) is 70.6 cm³/mol. The topological polar surface area (TPSA) is 43.4 Å². The Morgan fingerprint density at radius 2 is 1.53 bits per heavy atom. The monoisotopic (exact) mass is 250 g/mol. The van der Waals surface area contributed by atoms with Crippen molar-refractivity contribution in [2.75, 3.05) is 0 Å². The molecule has 3 heteroatoms. The third kappa shape index (κ3) is 2.06. The van der Waals surface area contributed by atoms with Gasteiger partial charge in [-0.3, -0.25) is 4.79 Å². The first-order valence-corrected chi connectivity index (χ1v) is 5.88. The maximum absolute atomic E-state index is 12.0. The molecule has 0 aromatic heterocycles. The maximum Gasteiger partial charge on any atom is 0.344 e. The standard InChI is InChI=1S/C16H10O3/c17-14(11-6-2-1-3-7-11)10-15-12-8-4-5-9-13(12)16(18)19-15/h1-10H. The molecule has 92 valence electrons. The molecule has 1 aliphatic heterocycles. The van der Waals surface area contributed by atoms with Crippen molar-refractivity contribution in [2.45, 2.75) is 0 Å². The van der Waals surface area contributed by atoms with Gasteiger partial charge in [0.15, 0.2) is 5.78 Å². The van der Waals surface area contributed by atoms with Crippen molar-refractivity contribution in [1.82, 2.24) is 0 Å². The van der Waals surface area contributed by atoms with Crippen LogP contribution in [0.25, 0.3) is 5.76 Å². The van der Waals surface area contributed by atoms with Crippen LogP contribution in [0.1, 0.15) is 26.3 Å². The fraction of sp³-hybridized carbons (Fsp3) is 0.